The Kier molecular flexibility index (Phi) is 5.82. The van der Waals surface area contributed by atoms with E-state index in [4.69, 9.17) is 0 Å². The third-order valence-electron chi connectivity index (χ3n) is 3.48. The van der Waals surface area contributed by atoms with Gasteiger partial charge in [0.2, 0.25) is 5.91 Å². The van der Waals surface area contributed by atoms with Gasteiger partial charge in [0.1, 0.15) is 0 Å². The van der Waals surface area contributed by atoms with Gasteiger partial charge in [-0.2, -0.15) is 0 Å². The number of hydrogen-bond donors (Lipinski definition) is 1. The highest BCUT2D eigenvalue weighted by Gasteiger charge is 2.17. The molecular formula is C18H20N2O2S. The molecule has 1 N–H and O–H groups in total. The second-order valence-electron chi connectivity index (χ2n) is 5.22. The number of para-hydroxylation sites is 1. The Morgan fingerprint density at radius 3 is 2.43 bits per heavy atom. The molecule has 0 radical (unpaired) electrons. The number of benzene rings is 2. The van der Waals surface area contributed by atoms with E-state index in [2.05, 4.69) is 5.32 Å². The van der Waals surface area contributed by atoms with Gasteiger partial charge in [0.05, 0.1) is 12.2 Å². The zero-order valence-corrected chi connectivity index (χ0v) is 14.3. The van der Waals surface area contributed by atoms with Crippen LogP contribution >= 0.6 is 11.8 Å². The molecule has 0 saturated carbocycles. The Morgan fingerprint density at radius 2 is 1.74 bits per heavy atom. The number of nitrogens with zero attached hydrogens (tertiary/aromatic N) is 1. The maximum atomic E-state index is 12.4. The monoisotopic (exact) mass is 328 g/mol. The van der Waals surface area contributed by atoms with Crippen molar-refractivity contribution in [2.24, 2.45) is 0 Å². The van der Waals surface area contributed by atoms with Crippen LogP contribution < -0.4 is 5.32 Å². The van der Waals surface area contributed by atoms with E-state index in [1.54, 1.807) is 24.9 Å². The van der Waals surface area contributed by atoms with Crippen LogP contribution in [0, 0.1) is 6.92 Å². The maximum absolute atomic E-state index is 12.4. The zero-order valence-electron chi connectivity index (χ0n) is 13.5. The lowest BCUT2D eigenvalue weighted by molar-refractivity contribution is -0.116. The van der Waals surface area contributed by atoms with E-state index in [1.807, 2.05) is 55.6 Å². The zero-order chi connectivity index (χ0) is 16.8. The van der Waals surface area contributed by atoms with Crippen LogP contribution in [0.4, 0.5) is 5.69 Å². The van der Waals surface area contributed by atoms with E-state index in [-0.39, 0.29) is 18.4 Å². The van der Waals surface area contributed by atoms with Gasteiger partial charge in [0.25, 0.3) is 5.91 Å². The Balaban J connectivity index is 2.02. The van der Waals surface area contributed by atoms with Crippen molar-refractivity contribution in [2.45, 2.75) is 11.8 Å². The summed E-state index contributed by atoms with van der Waals surface area (Å²) in [6, 6.07) is 15.0. The van der Waals surface area contributed by atoms with Crippen molar-refractivity contribution in [3.05, 3.63) is 59.7 Å². The molecule has 0 aliphatic carbocycles. The number of anilines is 1. The van der Waals surface area contributed by atoms with Gasteiger partial charge in [-0.25, -0.2) is 0 Å². The summed E-state index contributed by atoms with van der Waals surface area (Å²) in [7, 11) is 1.63. The number of carbonyl (C=O) groups is 2. The molecule has 2 aromatic carbocycles. The van der Waals surface area contributed by atoms with Gasteiger partial charge in [0.15, 0.2) is 0 Å². The molecule has 0 atom stereocenters. The van der Waals surface area contributed by atoms with Crippen molar-refractivity contribution in [1.82, 2.24) is 4.90 Å². The molecule has 0 spiro atoms. The highest BCUT2D eigenvalue weighted by atomic mass is 32.2. The van der Waals surface area contributed by atoms with E-state index in [0.717, 1.165) is 16.1 Å². The summed E-state index contributed by atoms with van der Waals surface area (Å²) < 4.78 is 0. The SMILES string of the molecule is CSc1ccccc1NC(=O)CN(C)C(=O)c1ccccc1C. The number of rotatable bonds is 5. The fourth-order valence-corrected chi connectivity index (χ4v) is 2.80. The topological polar surface area (TPSA) is 49.4 Å². The minimum Gasteiger partial charge on any atom is -0.332 e. The van der Waals surface area contributed by atoms with Crippen LogP contribution in [0.3, 0.4) is 0 Å². The van der Waals surface area contributed by atoms with E-state index in [0.29, 0.717) is 5.56 Å². The smallest absolute Gasteiger partial charge is 0.254 e. The Labute approximate surface area is 140 Å². The van der Waals surface area contributed by atoms with Gasteiger partial charge in [-0.05, 0) is 36.9 Å². The second kappa shape index (κ2) is 7.83. The number of nitrogens with one attached hydrogen (secondary N) is 1. The van der Waals surface area contributed by atoms with Gasteiger partial charge < -0.3 is 10.2 Å². The lowest BCUT2D eigenvalue weighted by Crippen LogP contribution is -2.35. The van der Waals surface area contributed by atoms with E-state index >= 15 is 0 Å². The molecule has 0 unspecified atom stereocenters. The summed E-state index contributed by atoms with van der Waals surface area (Å²) in [6.07, 6.45) is 1.96. The maximum Gasteiger partial charge on any atom is 0.254 e. The van der Waals surface area contributed by atoms with Crippen LogP contribution in [0.1, 0.15) is 15.9 Å². The molecule has 0 fully saturated rings. The minimum absolute atomic E-state index is 0.00980. The molecule has 0 aliphatic rings. The van der Waals surface area contributed by atoms with Crippen LogP contribution in [0.2, 0.25) is 0 Å². The molecule has 4 nitrogen and oxygen atoms in total. The summed E-state index contributed by atoms with van der Waals surface area (Å²) >= 11 is 1.57. The number of thioether (sulfide) groups is 1. The van der Waals surface area contributed by atoms with Crippen molar-refractivity contribution >= 4 is 29.3 Å². The highest BCUT2D eigenvalue weighted by Crippen LogP contribution is 2.24. The first kappa shape index (κ1) is 17.1. The minimum atomic E-state index is -0.212. The molecule has 2 rings (SSSR count). The first-order chi connectivity index (χ1) is 11.0. The first-order valence-electron chi connectivity index (χ1n) is 7.27. The lowest BCUT2D eigenvalue weighted by Gasteiger charge is -2.18. The predicted molar refractivity (Wildman–Crippen MR) is 95.0 cm³/mol. The van der Waals surface area contributed by atoms with E-state index in [9.17, 15) is 9.59 Å². The molecule has 120 valence electrons. The molecule has 0 saturated heterocycles. The third kappa shape index (κ3) is 4.36. The quantitative estimate of drug-likeness (QED) is 0.856. The van der Waals surface area contributed by atoms with Crippen molar-refractivity contribution in [1.29, 1.82) is 0 Å². The van der Waals surface area contributed by atoms with Crippen molar-refractivity contribution in [3.63, 3.8) is 0 Å². The van der Waals surface area contributed by atoms with E-state index in [1.165, 1.54) is 4.90 Å². The Bertz CT molecular complexity index is 716. The number of carbonyl (C=O) groups excluding carboxylic acids is 2. The van der Waals surface area contributed by atoms with Crippen LogP contribution in [0.25, 0.3) is 0 Å². The Morgan fingerprint density at radius 1 is 1.09 bits per heavy atom. The van der Waals surface area contributed by atoms with Crippen molar-refractivity contribution in [3.8, 4) is 0 Å². The molecule has 0 aromatic heterocycles. The lowest BCUT2D eigenvalue weighted by atomic mass is 10.1. The Hall–Kier alpha value is -2.27. The third-order valence-corrected chi connectivity index (χ3v) is 4.28. The number of likely N-dealkylation sites (N-methyl/N-ethyl adjacent to an activating group) is 1. The second-order valence-corrected chi connectivity index (χ2v) is 6.07. The average molecular weight is 328 g/mol. The predicted octanol–water partition coefficient (Wildman–Crippen LogP) is 3.43. The molecule has 2 amide bonds. The number of hydrogen-bond acceptors (Lipinski definition) is 3. The molecule has 0 aliphatic heterocycles. The number of aryl methyl sites for hydroxylation is 1. The summed E-state index contributed by atoms with van der Waals surface area (Å²) in [5.41, 5.74) is 2.28. The van der Waals surface area contributed by atoms with Crippen molar-refractivity contribution < 1.29 is 9.59 Å². The van der Waals surface area contributed by atoms with E-state index < -0.39 is 0 Å². The number of amides is 2. The fraction of sp³-hybridized carbons (Fsp3) is 0.222. The normalized spacial score (nSPS) is 10.2. The highest BCUT2D eigenvalue weighted by molar-refractivity contribution is 7.98. The fourth-order valence-electron chi connectivity index (χ4n) is 2.24. The van der Waals surface area contributed by atoms with Crippen molar-refractivity contribution in [2.75, 3.05) is 25.2 Å². The van der Waals surface area contributed by atoms with Gasteiger partial charge in [-0.1, -0.05) is 30.3 Å². The molecule has 0 heterocycles. The van der Waals surface area contributed by atoms with Gasteiger partial charge in [-0.3, -0.25) is 9.59 Å². The van der Waals surface area contributed by atoms with Crippen LogP contribution in [-0.4, -0.2) is 36.6 Å². The van der Waals surface area contributed by atoms with Crippen LogP contribution in [0.5, 0.6) is 0 Å². The standard InChI is InChI=1S/C18H20N2O2S/c1-13-8-4-5-9-14(13)18(22)20(2)12-17(21)19-15-10-6-7-11-16(15)23-3/h4-11H,12H2,1-3H3,(H,19,21). The summed E-state index contributed by atoms with van der Waals surface area (Å²) in [5, 5.41) is 2.86. The first-order valence-corrected chi connectivity index (χ1v) is 8.49. The molecule has 5 heteroatoms. The average Bonchev–Trinajstić information content (AvgIpc) is 2.55. The van der Waals surface area contributed by atoms with Gasteiger partial charge in [0, 0.05) is 17.5 Å². The van der Waals surface area contributed by atoms with Crippen LogP contribution in [-0.2, 0) is 4.79 Å². The summed E-state index contributed by atoms with van der Waals surface area (Å²) in [5.74, 6) is -0.368. The van der Waals surface area contributed by atoms with Gasteiger partial charge in [-0.15, -0.1) is 11.8 Å². The molecule has 2 aromatic rings. The molecular weight excluding hydrogens is 308 g/mol. The summed E-state index contributed by atoms with van der Waals surface area (Å²) in [4.78, 5) is 27.0. The van der Waals surface area contributed by atoms with Crippen LogP contribution in [0.15, 0.2) is 53.4 Å². The summed E-state index contributed by atoms with van der Waals surface area (Å²) in [6.45, 7) is 1.89. The molecule has 23 heavy (non-hydrogen) atoms. The van der Waals surface area contributed by atoms with Gasteiger partial charge >= 0.3 is 0 Å². The molecule has 0 bridgehead atoms. The largest absolute Gasteiger partial charge is 0.332 e.